The van der Waals surface area contributed by atoms with Gasteiger partial charge in [-0.05, 0) is 47.9 Å². The van der Waals surface area contributed by atoms with Crippen molar-refractivity contribution in [3.05, 3.63) is 59.7 Å². The number of ether oxygens (including phenoxy) is 1. The summed E-state index contributed by atoms with van der Waals surface area (Å²) in [5.74, 6) is -1.57. The highest BCUT2D eigenvalue weighted by molar-refractivity contribution is 5.87. The molecule has 0 bridgehead atoms. The predicted molar refractivity (Wildman–Crippen MR) is 126 cm³/mol. The minimum absolute atomic E-state index is 0.0180. The van der Waals surface area contributed by atoms with Gasteiger partial charge >= 0.3 is 12.1 Å². The molecule has 5 rings (SSSR count). The molecule has 34 heavy (non-hydrogen) atoms. The Balaban J connectivity index is 1.16. The minimum atomic E-state index is -0.855. The average molecular weight is 463 g/mol. The lowest BCUT2D eigenvalue weighted by molar-refractivity contribution is -0.144. The van der Waals surface area contributed by atoms with Crippen LogP contribution in [0.15, 0.2) is 48.5 Å². The molecule has 2 saturated carbocycles. The van der Waals surface area contributed by atoms with E-state index in [0.29, 0.717) is 25.7 Å². The summed E-state index contributed by atoms with van der Waals surface area (Å²) in [4.78, 5) is 37.0. The second kappa shape index (κ2) is 9.12. The van der Waals surface area contributed by atoms with Crippen LogP contribution in [-0.4, -0.2) is 42.3 Å². The smallest absolute Gasteiger partial charge is 0.407 e. The summed E-state index contributed by atoms with van der Waals surface area (Å²) >= 11 is 0. The van der Waals surface area contributed by atoms with Crippen molar-refractivity contribution in [3.8, 4) is 11.1 Å². The molecule has 2 aromatic rings. The molecule has 0 heterocycles. The molecule has 0 radical (unpaired) electrons. The molecule has 2 atom stereocenters. The maximum absolute atomic E-state index is 12.9. The highest BCUT2D eigenvalue weighted by Crippen LogP contribution is 2.46. The molecule has 0 spiro atoms. The van der Waals surface area contributed by atoms with Crippen molar-refractivity contribution in [2.75, 3.05) is 13.2 Å². The molecule has 3 N–H and O–H groups in total. The van der Waals surface area contributed by atoms with Crippen LogP contribution >= 0.6 is 0 Å². The molecule has 0 aliphatic heterocycles. The van der Waals surface area contributed by atoms with Gasteiger partial charge in [-0.15, -0.1) is 0 Å². The number of amides is 2. The Morgan fingerprint density at radius 2 is 1.56 bits per heavy atom. The van der Waals surface area contributed by atoms with Crippen LogP contribution in [-0.2, 0) is 14.3 Å². The Kier molecular flexibility index (Phi) is 6.02. The third-order valence-electron chi connectivity index (χ3n) is 7.65. The van der Waals surface area contributed by atoms with E-state index in [9.17, 15) is 19.5 Å². The van der Waals surface area contributed by atoms with Crippen LogP contribution in [0.1, 0.15) is 55.6 Å². The van der Waals surface area contributed by atoms with Crippen LogP contribution in [0.25, 0.3) is 11.1 Å². The molecule has 3 aliphatic rings. The van der Waals surface area contributed by atoms with Gasteiger partial charge in [0.05, 0.1) is 11.3 Å². The van der Waals surface area contributed by atoms with Gasteiger partial charge < -0.3 is 20.5 Å². The van der Waals surface area contributed by atoms with Gasteiger partial charge in [-0.1, -0.05) is 61.4 Å². The summed E-state index contributed by atoms with van der Waals surface area (Å²) in [5.41, 5.74) is 3.97. The van der Waals surface area contributed by atoms with Crippen molar-refractivity contribution >= 4 is 18.0 Å². The molecule has 2 amide bonds. The summed E-state index contributed by atoms with van der Waals surface area (Å²) in [6.07, 6.45) is 3.86. The Labute approximate surface area is 198 Å². The average Bonchev–Trinajstić information content (AvgIpc) is 3.58. The summed E-state index contributed by atoms with van der Waals surface area (Å²) < 4.78 is 5.58. The number of hydrogen-bond acceptors (Lipinski definition) is 4. The zero-order valence-corrected chi connectivity index (χ0v) is 19.1. The first-order valence-corrected chi connectivity index (χ1v) is 12.1. The van der Waals surface area contributed by atoms with E-state index in [1.165, 1.54) is 11.1 Å². The Bertz CT molecular complexity index is 1060. The first-order valence-electron chi connectivity index (χ1n) is 12.1. The number of fused-ring (bicyclic) bond motifs is 3. The molecule has 178 valence electrons. The normalized spacial score (nSPS) is 22.2. The fraction of sp³-hybridized carbons (Fsp3) is 0.444. The van der Waals surface area contributed by atoms with Gasteiger partial charge in [0, 0.05) is 18.5 Å². The Morgan fingerprint density at radius 3 is 2.18 bits per heavy atom. The molecular formula is C27H30N2O5. The van der Waals surface area contributed by atoms with E-state index in [1.54, 1.807) is 0 Å². The Hall–Kier alpha value is -3.35. The third-order valence-corrected chi connectivity index (χ3v) is 7.65. The van der Waals surface area contributed by atoms with Crippen molar-refractivity contribution in [2.45, 2.75) is 50.5 Å². The highest BCUT2D eigenvalue weighted by Gasteiger charge is 2.51. The highest BCUT2D eigenvalue weighted by atomic mass is 16.5. The van der Waals surface area contributed by atoms with Gasteiger partial charge in [0.2, 0.25) is 5.91 Å². The van der Waals surface area contributed by atoms with Crippen LogP contribution in [0, 0.1) is 11.3 Å². The van der Waals surface area contributed by atoms with Gasteiger partial charge in [-0.25, -0.2) is 4.79 Å². The molecule has 0 unspecified atom stereocenters. The fourth-order valence-electron chi connectivity index (χ4n) is 5.45. The second-order valence-electron chi connectivity index (χ2n) is 9.77. The monoisotopic (exact) mass is 462 g/mol. The summed E-state index contributed by atoms with van der Waals surface area (Å²) in [6.45, 7) is 0.418. The number of carbonyl (C=O) groups excluding carboxylic acids is 2. The number of aliphatic carboxylic acids is 1. The molecule has 2 aromatic carbocycles. The van der Waals surface area contributed by atoms with Crippen molar-refractivity contribution < 1.29 is 24.2 Å². The van der Waals surface area contributed by atoms with Crippen molar-refractivity contribution in [2.24, 2.45) is 11.3 Å². The molecule has 7 heteroatoms. The van der Waals surface area contributed by atoms with Crippen molar-refractivity contribution in [3.63, 3.8) is 0 Å². The van der Waals surface area contributed by atoms with Gasteiger partial charge in [-0.2, -0.15) is 0 Å². The molecule has 0 saturated heterocycles. The Morgan fingerprint density at radius 1 is 0.941 bits per heavy atom. The number of alkyl carbamates (subject to hydrolysis) is 1. The molecule has 2 fully saturated rings. The summed E-state index contributed by atoms with van der Waals surface area (Å²) in [7, 11) is 0. The predicted octanol–water partition coefficient (Wildman–Crippen LogP) is 4.06. The zero-order valence-electron chi connectivity index (χ0n) is 19.1. The van der Waals surface area contributed by atoms with Crippen LogP contribution < -0.4 is 10.6 Å². The van der Waals surface area contributed by atoms with Crippen LogP contribution in [0.5, 0.6) is 0 Å². The number of carboxylic acids is 1. The maximum atomic E-state index is 12.9. The topological polar surface area (TPSA) is 105 Å². The van der Waals surface area contributed by atoms with Gasteiger partial charge in [0.25, 0.3) is 0 Å². The first kappa shape index (κ1) is 22.4. The third kappa shape index (κ3) is 4.27. The van der Waals surface area contributed by atoms with Crippen molar-refractivity contribution in [1.29, 1.82) is 0 Å². The van der Waals surface area contributed by atoms with E-state index in [1.807, 2.05) is 24.3 Å². The van der Waals surface area contributed by atoms with Gasteiger partial charge in [0.1, 0.15) is 6.61 Å². The second-order valence-corrected chi connectivity index (χ2v) is 9.77. The first-order chi connectivity index (χ1) is 16.5. The lowest BCUT2D eigenvalue weighted by Gasteiger charge is -2.30. The lowest BCUT2D eigenvalue weighted by atomic mass is 9.84. The molecule has 3 aliphatic carbocycles. The molecular weight excluding hydrogens is 432 g/mol. The maximum Gasteiger partial charge on any atom is 0.407 e. The zero-order chi connectivity index (χ0) is 23.7. The van der Waals surface area contributed by atoms with Gasteiger partial charge in [0.15, 0.2) is 0 Å². The summed E-state index contributed by atoms with van der Waals surface area (Å²) in [6, 6.07) is 16.0. The van der Waals surface area contributed by atoms with E-state index in [-0.39, 0.29) is 31.0 Å². The number of nitrogens with one attached hydrogen (secondary N) is 2. The fourth-order valence-corrected chi connectivity index (χ4v) is 5.45. The number of carbonyl (C=O) groups is 3. The quantitative estimate of drug-likeness (QED) is 0.576. The van der Waals surface area contributed by atoms with E-state index < -0.39 is 23.4 Å². The van der Waals surface area contributed by atoms with E-state index in [2.05, 4.69) is 34.9 Å². The van der Waals surface area contributed by atoms with Crippen LogP contribution in [0.2, 0.25) is 0 Å². The number of hydrogen-bond donors (Lipinski definition) is 3. The standard InChI is InChI=1S/C27H30N2O5/c30-24(31)21-11-5-6-12-23(21)29-25(32)27(13-14-27)16-28-26(33)34-15-22-19-9-3-1-7-17(19)18-8-2-4-10-20(18)22/h1-4,7-10,21-23H,5-6,11-16H2,(H,28,33)(H,29,32)(H,30,31)/t21-,23+/m0/s1. The molecule has 0 aromatic heterocycles. The number of benzene rings is 2. The van der Waals surface area contributed by atoms with Crippen LogP contribution in [0.4, 0.5) is 4.79 Å². The van der Waals surface area contributed by atoms with Crippen molar-refractivity contribution in [1.82, 2.24) is 10.6 Å². The number of carboxylic acid groups (broad SMARTS) is 1. The lowest BCUT2D eigenvalue weighted by Crippen LogP contribution is -2.49. The largest absolute Gasteiger partial charge is 0.481 e. The van der Waals surface area contributed by atoms with E-state index in [0.717, 1.165) is 24.0 Å². The number of rotatable bonds is 7. The SMILES string of the molecule is O=C(NCC1(C(=O)N[C@@H]2CCCC[C@@H]2C(=O)O)CC1)OCC1c2ccccc2-c2ccccc21. The van der Waals surface area contributed by atoms with E-state index in [4.69, 9.17) is 4.74 Å². The van der Waals surface area contributed by atoms with E-state index >= 15 is 0 Å². The molecule has 7 nitrogen and oxygen atoms in total. The van der Waals surface area contributed by atoms with Gasteiger partial charge in [-0.3, -0.25) is 9.59 Å². The van der Waals surface area contributed by atoms with Crippen LogP contribution in [0.3, 0.4) is 0 Å². The minimum Gasteiger partial charge on any atom is -0.481 e. The summed E-state index contributed by atoms with van der Waals surface area (Å²) in [5, 5.41) is 15.2.